The summed E-state index contributed by atoms with van der Waals surface area (Å²) in [6, 6.07) is 2.60. The van der Waals surface area contributed by atoms with Crippen molar-refractivity contribution in [2.24, 2.45) is 5.73 Å². The largest absolute Gasteiger partial charge is 0.393 e. The van der Waals surface area contributed by atoms with Gasteiger partial charge in [-0.05, 0) is 30.7 Å². The number of rotatable bonds is 6. The molecule has 1 aromatic heterocycles. The normalized spacial score (nSPS) is 13.2. The fourth-order valence-electron chi connectivity index (χ4n) is 2.24. The van der Waals surface area contributed by atoms with Gasteiger partial charge in [-0.3, -0.25) is 9.59 Å². The molecule has 1 aromatic carbocycles. The van der Waals surface area contributed by atoms with E-state index in [4.69, 9.17) is 5.73 Å². The third-order valence-electron chi connectivity index (χ3n) is 3.57. The number of carbonyl (C=O) groups is 2. The lowest BCUT2D eigenvalue weighted by Gasteiger charge is -2.12. The fourth-order valence-corrected chi connectivity index (χ4v) is 5.24. The van der Waals surface area contributed by atoms with Crippen molar-refractivity contribution >= 4 is 38.0 Å². The highest BCUT2D eigenvalue weighted by Gasteiger charge is 2.33. The molecule has 0 saturated heterocycles. The maximum absolute atomic E-state index is 13.6. The first kappa shape index (κ1) is 22.8. The van der Waals surface area contributed by atoms with E-state index in [9.17, 15) is 40.7 Å². The Morgan fingerprint density at radius 1 is 1.28 bits per heavy atom. The van der Waals surface area contributed by atoms with Crippen LogP contribution in [0.25, 0.3) is 0 Å². The highest BCUT2D eigenvalue weighted by molar-refractivity contribution is 7.93. The van der Waals surface area contributed by atoms with Crippen LogP contribution in [-0.2, 0) is 21.1 Å². The average molecular weight is 454 g/mol. The molecule has 13 heteroatoms. The number of anilines is 1. The van der Waals surface area contributed by atoms with Crippen LogP contribution in [0, 0.1) is 5.82 Å². The minimum Gasteiger partial charge on any atom is -0.384 e. The first-order valence-corrected chi connectivity index (χ1v) is 10.0. The Labute approximate surface area is 166 Å². The van der Waals surface area contributed by atoms with Gasteiger partial charge < -0.3 is 16.2 Å². The molecular formula is C16H14F4N2O5S2. The van der Waals surface area contributed by atoms with Crippen LogP contribution in [-0.4, -0.2) is 37.6 Å². The molecule has 0 spiro atoms. The zero-order valence-electron chi connectivity index (χ0n) is 14.6. The second-order valence-corrected chi connectivity index (χ2v) is 9.08. The van der Waals surface area contributed by atoms with Crippen molar-refractivity contribution in [1.29, 1.82) is 0 Å². The summed E-state index contributed by atoms with van der Waals surface area (Å²) in [4.78, 5) is 22.3. The van der Waals surface area contributed by atoms with Crippen LogP contribution in [0.15, 0.2) is 33.4 Å². The van der Waals surface area contributed by atoms with Gasteiger partial charge in [0.1, 0.15) is 21.1 Å². The number of sulfone groups is 1. The van der Waals surface area contributed by atoms with Gasteiger partial charge >= 0.3 is 6.18 Å². The molecule has 0 bridgehead atoms. The zero-order valence-corrected chi connectivity index (χ0v) is 16.2. The SMILES string of the molecule is CC(O)C(=O)Nc1sc(S(=O)(=O)c2cc(F)ccc2CC(F)(F)F)cc1C(N)=O. The molecule has 0 aliphatic carbocycles. The number of thiophene rings is 1. The molecule has 1 atom stereocenters. The summed E-state index contributed by atoms with van der Waals surface area (Å²) < 4.78 is 77.0. The zero-order chi connectivity index (χ0) is 22.1. The molecule has 0 aliphatic heterocycles. The van der Waals surface area contributed by atoms with E-state index in [2.05, 4.69) is 5.32 Å². The average Bonchev–Trinajstić information content (AvgIpc) is 3.00. The summed E-state index contributed by atoms with van der Waals surface area (Å²) in [6.07, 6.45) is -7.88. The van der Waals surface area contributed by atoms with Gasteiger partial charge in [0.2, 0.25) is 9.84 Å². The van der Waals surface area contributed by atoms with Crippen LogP contribution >= 0.6 is 11.3 Å². The number of nitrogens with one attached hydrogen (secondary N) is 1. The van der Waals surface area contributed by atoms with Crippen LogP contribution in [0.3, 0.4) is 0 Å². The van der Waals surface area contributed by atoms with E-state index >= 15 is 0 Å². The van der Waals surface area contributed by atoms with Gasteiger partial charge in [-0.2, -0.15) is 13.2 Å². The van der Waals surface area contributed by atoms with Crippen molar-refractivity contribution in [1.82, 2.24) is 0 Å². The number of alkyl halides is 3. The van der Waals surface area contributed by atoms with Crippen molar-refractivity contribution < 1.29 is 40.7 Å². The number of hydrogen-bond acceptors (Lipinski definition) is 6. The molecule has 158 valence electrons. The van der Waals surface area contributed by atoms with Gasteiger partial charge in [0.25, 0.3) is 11.8 Å². The molecule has 7 nitrogen and oxygen atoms in total. The highest BCUT2D eigenvalue weighted by atomic mass is 32.2. The number of primary amides is 1. The lowest BCUT2D eigenvalue weighted by Crippen LogP contribution is -2.25. The van der Waals surface area contributed by atoms with E-state index in [1.807, 2.05) is 0 Å². The van der Waals surface area contributed by atoms with E-state index < -0.39 is 66.4 Å². The van der Waals surface area contributed by atoms with Crippen molar-refractivity contribution in [3.63, 3.8) is 0 Å². The molecule has 0 radical (unpaired) electrons. The number of aliphatic hydroxyl groups is 1. The summed E-state index contributed by atoms with van der Waals surface area (Å²) in [6.45, 7) is 1.11. The maximum atomic E-state index is 13.6. The second-order valence-electron chi connectivity index (χ2n) is 5.89. The number of benzene rings is 1. The van der Waals surface area contributed by atoms with Gasteiger partial charge in [-0.1, -0.05) is 6.07 Å². The Morgan fingerprint density at radius 2 is 1.90 bits per heavy atom. The molecule has 0 saturated carbocycles. The van der Waals surface area contributed by atoms with E-state index in [0.29, 0.717) is 29.5 Å². The predicted octanol–water partition coefficient (Wildman–Crippen LogP) is 2.24. The number of hydrogen-bond donors (Lipinski definition) is 3. The standard InChI is InChI=1S/C16H14F4N2O5S2/c1-7(23)14(25)22-15-10(13(21)24)5-12(28-15)29(26,27)11-4-9(17)3-2-8(11)6-16(18,19)20/h2-5,7,23H,6H2,1H3,(H2,21,24)(H,22,25). The number of carbonyl (C=O) groups excluding carboxylic acids is 2. The summed E-state index contributed by atoms with van der Waals surface area (Å²) >= 11 is 0.332. The minimum atomic E-state index is -4.76. The summed E-state index contributed by atoms with van der Waals surface area (Å²) in [5.41, 5.74) is 4.02. The molecule has 29 heavy (non-hydrogen) atoms. The molecule has 2 aromatic rings. The van der Waals surface area contributed by atoms with Gasteiger partial charge in [-0.25, -0.2) is 12.8 Å². The summed E-state index contributed by atoms with van der Waals surface area (Å²) in [5, 5.41) is 11.0. The van der Waals surface area contributed by atoms with Crippen LogP contribution in [0.1, 0.15) is 22.8 Å². The topological polar surface area (TPSA) is 127 Å². The van der Waals surface area contributed by atoms with Gasteiger partial charge in [-0.15, -0.1) is 11.3 Å². The van der Waals surface area contributed by atoms with Crippen molar-refractivity contribution in [2.75, 3.05) is 5.32 Å². The lowest BCUT2D eigenvalue weighted by molar-refractivity contribution is -0.127. The summed E-state index contributed by atoms with van der Waals surface area (Å²) in [7, 11) is -4.70. The van der Waals surface area contributed by atoms with Gasteiger partial charge in [0, 0.05) is 0 Å². The van der Waals surface area contributed by atoms with Gasteiger partial charge in [0.15, 0.2) is 0 Å². The molecule has 4 N–H and O–H groups in total. The Balaban J connectivity index is 2.61. The molecule has 2 rings (SSSR count). The van der Waals surface area contributed by atoms with Crippen LogP contribution < -0.4 is 11.1 Å². The fraction of sp³-hybridized carbons (Fsp3) is 0.250. The Morgan fingerprint density at radius 3 is 2.41 bits per heavy atom. The quantitative estimate of drug-likeness (QED) is 0.577. The van der Waals surface area contributed by atoms with E-state index in [-0.39, 0.29) is 5.00 Å². The van der Waals surface area contributed by atoms with E-state index in [1.165, 1.54) is 0 Å². The lowest BCUT2D eigenvalue weighted by atomic mass is 10.1. The number of amides is 2. The third kappa shape index (κ3) is 5.31. The van der Waals surface area contributed by atoms with Crippen molar-refractivity contribution in [3.05, 3.63) is 41.2 Å². The summed E-state index contributed by atoms with van der Waals surface area (Å²) in [5.74, 6) is -3.18. The molecule has 0 aliphatic rings. The van der Waals surface area contributed by atoms with Crippen LogP contribution in [0.2, 0.25) is 0 Å². The molecule has 0 fully saturated rings. The predicted molar refractivity (Wildman–Crippen MR) is 94.8 cm³/mol. The Hall–Kier alpha value is -2.51. The number of aliphatic hydroxyl groups excluding tert-OH is 1. The number of nitrogens with two attached hydrogens (primary N) is 1. The third-order valence-corrected chi connectivity index (χ3v) is 6.93. The first-order valence-electron chi connectivity index (χ1n) is 7.75. The Kier molecular flexibility index (Phi) is 6.35. The van der Waals surface area contributed by atoms with Crippen LogP contribution in [0.4, 0.5) is 22.6 Å². The minimum absolute atomic E-state index is 0.323. The smallest absolute Gasteiger partial charge is 0.384 e. The molecule has 1 unspecified atom stereocenters. The molecule has 2 amide bonds. The Bertz CT molecular complexity index is 1060. The maximum Gasteiger partial charge on any atom is 0.393 e. The number of halogens is 4. The molecular weight excluding hydrogens is 440 g/mol. The second kappa shape index (κ2) is 8.08. The van der Waals surface area contributed by atoms with E-state index in [0.717, 1.165) is 13.0 Å². The highest BCUT2D eigenvalue weighted by Crippen LogP contribution is 2.37. The van der Waals surface area contributed by atoms with Crippen molar-refractivity contribution in [3.8, 4) is 0 Å². The monoisotopic (exact) mass is 454 g/mol. The first-order chi connectivity index (χ1) is 13.2. The molecule has 1 heterocycles. The van der Waals surface area contributed by atoms with Crippen molar-refractivity contribution in [2.45, 2.75) is 34.7 Å². The van der Waals surface area contributed by atoms with E-state index in [1.54, 1.807) is 0 Å². The van der Waals surface area contributed by atoms with Crippen LogP contribution in [0.5, 0.6) is 0 Å². The van der Waals surface area contributed by atoms with Gasteiger partial charge in [0.05, 0.1) is 16.9 Å².